The number of hydrogen-bond acceptors (Lipinski definition) is 8. The minimum absolute atomic E-state index is 0.0309. The fourth-order valence-corrected chi connectivity index (χ4v) is 3.98. The molecule has 0 saturated carbocycles. The van der Waals surface area contributed by atoms with Crippen LogP contribution in [0.5, 0.6) is 5.75 Å². The van der Waals surface area contributed by atoms with Crippen LogP contribution in [0.15, 0.2) is 36.8 Å². The lowest BCUT2D eigenvalue weighted by atomic mass is 9.98. The van der Waals surface area contributed by atoms with Crippen LogP contribution in [0.2, 0.25) is 0 Å². The number of amides is 3. The highest BCUT2D eigenvalue weighted by atomic mass is 16.4. The first-order chi connectivity index (χ1) is 19.0. The Labute approximate surface area is 233 Å². The summed E-state index contributed by atoms with van der Waals surface area (Å²) in [5.74, 6) is -3.15. The lowest BCUT2D eigenvalue weighted by Crippen LogP contribution is -2.58. The van der Waals surface area contributed by atoms with Gasteiger partial charge in [-0.15, -0.1) is 0 Å². The highest BCUT2D eigenvalue weighted by Gasteiger charge is 2.31. The Morgan fingerprint density at radius 1 is 0.950 bits per heavy atom. The number of aliphatic carboxylic acids is 1. The van der Waals surface area contributed by atoms with Crippen LogP contribution in [0, 0.1) is 5.92 Å². The smallest absolute Gasteiger partial charge is 0.326 e. The van der Waals surface area contributed by atoms with Crippen molar-refractivity contribution in [3.05, 3.63) is 48.0 Å². The van der Waals surface area contributed by atoms with E-state index in [1.165, 1.54) is 24.7 Å². The van der Waals surface area contributed by atoms with Gasteiger partial charge in [0.15, 0.2) is 0 Å². The third-order valence-electron chi connectivity index (χ3n) is 6.74. The van der Waals surface area contributed by atoms with Crippen LogP contribution in [-0.2, 0) is 32.0 Å². The number of phenols is 1. The van der Waals surface area contributed by atoms with Crippen LogP contribution < -0.4 is 27.4 Å². The Hall–Kier alpha value is -3.97. The van der Waals surface area contributed by atoms with Crippen molar-refractivity contribution >= 4 is 23.7 Å². The van der Waals surface area contributed by atoms with Gasteiger partial charge < -0.3 is 42.6 Å². The zero-order chi connectivity index (χ0) is 29.7. The van der Waals surface area contributed by atoms with E-state index in [1.54, 1.807) is 12.1 Å². The van der Waals surface area contributed by atoms with Crippen LogP contribution in [-0.4, -0.2) is 74.6 Å². The molecule has 0 aliphatic carbocycles. The number of imidazole rings is 1. The van der Waals surface area contributed by atoms with E-state index in [0.717, 1.165) is 0 Å². The van der Waals surface area contributed by atoms with E-state index in [1.807, 2.05) is 13.8 Å². The summed E-state index contributed by atoms with van der Waals surface area (Å²) in [7, 11) is 0. The van der Waals surface area contributed by atoms with E-state index < -0.39 is 47.9 Å². The summed E-state index contributed by atoms with van der Waals surface area (Å²) in [6.45, 7) is 4.12. The lowest BCUT2D eigenvalue weighted by Gasteiger charge is -2.26. The fourth-order valence-electron chi connectivity index (χ4n) is 3.98. The molecule has 1 aromatic heterocycles. The Kier molecular flexibility index (Phi) is 13.1. The molecule has 0 fully saturated rings. The molecule has 13 nitrogen and oxygen atoms in total. The van der Waals surface area contributed by atoms with E-state index in [9.17, 15) is 29.4 Å². The number of carboxylic acids is 1. The third kappa shape index (κ3) is 10.3. The Bertz CT molecular complexity index is 1090. The molecule has 3 amide bonds. The number of nitrogens with one attached hydrogen (secondary N) is 4. The lowest BCUT2D eigenvalue weighted by molar-refractivity contribution is -0.142. The average molecular weight is 560 g/mol. The molecular formula is C27H41N7O6. The van der Waals surface area contributed by atoms with Gasteiger partial charge in [0.2, 0.25) is 17.7 Å². The fraction of sp³-hybridized carbons (Fsp3) is 0.519. The number of carbonyl (C=O) groups is 4. The maximum absolute atomic E-state index is 13.4. The molecule has 0 spiro atoms. The third-order valence-corrected chi connectivity index (χ3v) is 6.74. The molecule has 0 bridgehead atoms. The summed E-state index contributed by atoms with van der Waals surface area (Å²) in [6.07, 6.45) is 4.97. The maximum Gasteiger partial charge on any atom is 0.326 e. The van der Waals surface area contributed by atoms with Gasteiger partial charge in [-0.05, 0) is 49.4 Å². The van der Waals surface area contributed by atoms with Gasteiger partial charge >= 0.3 is 5.97 Å². The monoisotopic (exact) mass is 559 g/mol. The Balaban J connectivity index is 2.20. The summed E-state index contributed by atoms with van der Waals surface area (Å²) in [6, 6.07) is 1.71. The normalized spacial score (nSPS) is 14.8. The first kappa shape index (κ1) is 32.2. The molecule has 0 radical (unpaired) electrons. The number of nitrogens with zero attached hydrogens (tertiary/aromatic N) is 1. The van der Waals surface area contributed by atoms with Gasteiger partial charge in [0.25, 0.3) is 0 Å². The quantitative estimate of drug-likeness (QED) is 0.121. The van der Waals surface area contributed by atoms with Gasteiger partial charge in [-0.25, -0.2) is 9.78 Å². The molecular weight excluding hydrogens is 518 g/mol. The molecule has 10 N–H and O–H groups in total. The average Bonchev–Trinajstić information content (AvgIpc) is 3.45. The van der Waals surface area contributed by atoms with Crippen LogP contribution in [0.4, 0.5) is 0 Å². The van der Waals surface area contributed by atoms with Crippen molar-refractivity contribution in [2.24, 2.45) is 17.4 Å². The largest absolute Gasteiger partial charge is 0.508 e. The zero-order valence-corrected chi connectivity index (χ0v) is 22.9. The van der Waals surface area contributed by atoms with Crippen molar-refractivity contribution in [3.63, 3.8) is 0 Å². The van der Waals surface area contributed by atoms with Crippen molar-refractivity contribution < 1.29 is 29.4 Å². The predicted molar refractivity (Wildman–Crippen MR) is 148 cm³/mol. The zero-order valence-electron chi connectivity index (χ0n) is 22.9. The number of rotatable bonds is 17. The number of benzene rings is 1. The first-order valence-electron chi connectivity index (χ1n) is 13.4. The van der Waals surface area contributed by atoms with E-state index >= 15 is 0 Å². The van der Waals surface area contributed by atoms with Crippen molar-refractivity contribution in [3.8, 4) is 5.75 Å². The van der Waals surface area contributed by atoms with Crippen molar-refractivity contribution in [2.45, 2.75) is 76.5 Å². The number of aromatic amines is 1. The second kappa shape index (κ2) is 16.2. The Morgan fingerprint density at radius 2 is 1.57 bits per heavy atom. The van der Waals surface area contributed by atoms with E-state index in [0.29, 0.717) is 37.1 Å². The van der Waals surface area contributed by atoms with E-state index in [-0.39, 0.29) is 30.9 Å². The molecule has 5 atom stereocenters. The minimum atomic E-state index is -1.28. The van der Waals surface area contributed by atoms with E-state index in [2.05, 4.69) is 25.9 Å². The number of nitrogens with two attached hydrogens (primary N) is 2. The molecule has 2 rings (SSSR count). The highest BCUT2D eigenvalue weighted by molar-refractivity contribution is 5.94. The second-order valence-electron chi connectivity index (χ2n) is 9.87. The maximum atomic E-state index is 13.4. The topological polar surface area (TPSA) is 226 Å². The molecule has 0 saturated heterocycles. The molecule has 13 heteroatoms. The van der Waals surface area contributed by atoms with Crippen molar-refractivity contribution in [1.29, 1.82) is 0 Å². The van der Waals surface area contributed by atoms with Gasteiger partial charge in [0.05, 0.1) is 12.4 Å². The molecule has 5 unspecified atom stereocenters. The summed E-state index contributed by atoms with van der Waals surface area (Å²) in [5, 5.41) is 27.1. The van der Waals surface area contributed by atoms with Gasteiger partial charge in [-0.2, -0.15) is 0 Å². The number of aromatic hydroxyl groups is 1. The standard InChI is InChI=1S/C27H41N7O6/c1-3-16(2)23(29)26(38)33-21(13-18-14-30-15-31-18)25(37)32-20(6-4-5-11-28)24(36)34-22(27(39)40)12-17-7-9-19(35)10-8-17/h7-10,14-16,20-23,35H,3-6,11-13,28-29H2,1-2H3,(H,30,31)(H,32,37)(H,33,38)(H,34,36)(H,39,40). The molecule has 1 aromatic carbocycles. The number of hydrogen-bond donors (Lipinski definition) is 8. The second-order valence-corrected chi connectivity index (χ2v) is 9.87. The number of phenolic OH excluding ortho intramolecular Hbond substituents is 1. The summed E-state index contributed by atoms with van der Waals surface area (Å²) in [4.78, 5) is 58.2. The van der Waals surface area contributed by atoms with Crippen LogP contribution in [0.25, 0.3) is 0 Å². The van der Waals surface area contributed by atoms with Gasteiger partial charge in [-0.3, -0.25) is 14.4 Å². The molecule has 0 aliphatic rings. The van der Waals surface area contributed by atoms with Crippen LogP contribution in [0.3, 0.4) is 0 Å². The minimum Gasteiger partial charge on any atom is -0.508 e. The van der Waals surface area contributed by atoms with Crippen LogP contribution >= 0.6 is 0 Å². The summed E-state index contributed by atoms with van der Waals surface area (Å²) >= 11 is 0. The van der Waals surface area contributed by atoms with Gasteiger partial charge in [-0.1, -0.05) is 32.4 Å². The predicted octanol–water partition coefficient (Wildman–Crippen LogP) is -0.0581. The summed E-state index contributed by atoms with van der Waals surface area (Å²) in [5.41, 5.74) is 12.8. The number of carbonyl (C=O) groups excluding carboxylic acids is 3. The van der Waals surface area contributed by atoms with Gasteiger partial charge in [0, 0.05) is 24.7 Å². The number of carboxylic acid groups (broad SMARTS) is 1. The molecule has 220 valence electrons. The van der Waals surface area contributed by atoms with E-state index in [4.69, 9.17) is 11.5 Å². The van der Waals surface area contributed by atoms with Crippen molar-refractivity contribution in [2.75, 3.05) is 6.54 Å². The summed E-state index contributed by atoms with van der Waals surface area (Å²) < 4.78 is 0. The highest BCUT2D eigenvalue weighted by Crippen LogP contribution is 2.12. The number of aromatic nitrogens is 2. The molecule has 40 heavy (non-hydrogen) atoms. The number of unbranched alkanes of at least 4 members (excludes halogenated alkanes) is 1. The van der Waals surface area contributed by atoms with Crippen molar-refractivity contribution in [1.82, 2.24) is 25.9 Å². The molecule has 1 heterocycles. The van der Waals surface area contributed by atoms with Gasteiger partial charge in [0.1, 0.15) is 23.9 Å². The molecule has 0 aliphatic heterocycles. The van der Waals surface area contributed by atoms with Crippen LogP contribution in [0.1, 0.15) is 50.8 Å². The molecule has 2 aromatic rings. The first-order valence-corrected chi connectivity index (χ1v) is 13.4. The Morgan fingerprint density at radius 3 is 2.15 bits per heavy atom. The SMILES string of the molecule is CCC(C)C(N)C(=O)NC(Cc1cnc[nH]1)C(=O)NC(CCCCN)C(=O)NC(Cc1ccc(O)cc1)C(=O)O. The number of H-pyrrole nitrogens is 1.